The molecule has 0 amide bonds. The average Bonchev–Trinajstić information content (AvgIpc) is 1.59. The lowest BCUT2D eigenvalue weighted by Crippen LogP contribution is -2.03. The van der Waals surface area contributed by atoms with Crippen LogP contribution in [0.5, 0.6) is 0 Å². The summed E-state index contributed by atoms with van der Waals surface area (Å²) in [6.07, 6.45) is 1.62. The van der Waals surface area contributed by atoms with E-state index in [0.717, 1.165) is 6.42 Å². The van der Waals surface area contributed by atoms with Crippen molar-refractivity contribution in [1.82, 2.24) is 0 Å². The third-order valence-electron chi connectivity index (χ3n) is 1.01. The predicted octanol–water partition coefficient (Wildman–Crippen LogP) is 3.79. The van der Waals surface area contributed by atoms with Crippen molar-refractivity contribution in [1.29, 1.82) is 0 Å². The van der Waals surface area contributed by atoms with Crippen molar-refractivity contribution in [2.75, 3.05) is 0 Å². The van der Waals surface area contributed by atoms with Crippen LogP contribution in [-0.4, -0.2) is 3.79 Å². The van der Waals surface area contributed by atoms with Crippen LogP contribution in [0.4, 0.5) is 0 Å². The molecular weight excluding hydrogens is 178 g/mol. The van der Waals surface area contributed by atoms with Crippen LogP contribution in [-0.2, 0) is 0 Å². The highest BCUT2D eigenvalue weighted by molar-refractivity contribution is 6.67. The van der Waals surface area contributed by atoms with E-state index in [1.165, 1.54) is 0 Å². The van der Waals surface area contributed by atoms with E-state index in [-0.39, 0.29) is 0 Å². The minimum Gasteiger partial charge on any atom is -0.0837 e. The third kappa shape index (κ3) is 8.87. The van der Waals surface area contributed by atoms with E-state index >= 15 is 0 Å². The van der Waals surface area contributed by atoms with Crippen LogP contribution >= 0.6 is 34.8 Å². The molecule has 0 aromatic carbocycles. The molecule has 0 fully saturated rings. The van der Waals surface area contributed by atoms with Crippen molar-refractivity contribution in [3.05, 3.63) is 0 Å². The molecular formula is C6H11Cl3. The molecule has 0 aromatic rings. The lowest BCUT2D eigenvalue weighted by Gasteiger charge is -2.11. The van der Waals surface area contributed by atoms with Gasteiger partial charge in [-0.2, -0.15) is 0 Å². The zero-order chi connectivity index (χ0) is 7.49. The molecule has 0 N–H and O–H groups in total. The first-order valence-electron chi connectivity index (χ1n) is 2.98. The molecule has 3 heteroatoms. The van der Waals surface area contributed by atoms with E-state index in [1.807, 2.05) is 0 Å². The second kappa shape index (κ2) is 3.90. The molecule has 0 atom stereocenters. The minimum atomic E-state index is -1.05. The van der Waals surface area contributed by atoms with E-state index in [2.05, 4.69) is 13.8 Å². The number of halogens is 3. The average molecular weight is 190 g/mol. The lowest BCUT2D eigenvalue weighted by molar-refractivity contribution is 0.561. The molecule has 0 radical (unpaired) electrons. The Morgan fingerprint density at radius 2 is 1.67 bits per heavy atom. The monoisotopic (exact) mass is 188 g/mol. The van der Waals surface area contributed by atoms with Gasteiger partial charge < -0.3 is 0 Å². The van der Waals surface area contributed by atoms with Gasteiger partial charge in [0.05, 0.1) is 0 Å². The second-order valence-electron chi connectivity index (χ2n) is 2.55. The maximum Gasteiger partial charge on any atom is 0.190 e. The summed E-state index contributed by atoms with van der Waals surface area (Å²) in [5.74, 6) is 0.612. The van der Waals surface area contributed by atoms with Gasteiger partial charge in [0.2, 0.25) is 0 Å². The largest absolute Gasteiger partial charge is 0.190 e. The van der Waals surface area contributed by atoms with Gasteiger partial charge in [-0.05, 0) is 18.8 Å². The Kier molecular flexibility index (Phi) is 4.28. The zero-order valence-corrected chi connectivity index (χ0v) is 7.89. The summed E-state index contributed by atoms with van der Waals surface area (Å²) in [7, 11) is 0. The quantitative estimate of drug-likeness (QED) is 0.580. The van der Waals surface area contributed by atoms with Crippen LogP contribution in [0.2, 0.25) is 0 Å². The Balaban J connectivity index is 3.28. The van der Waals surface area contributed by atoms with Crippen molar-refractivity contribution in [2.24, 2.45) is 5.92 Å². The van der Waals surface area contributed by atoms with Gasteiger partial charge in [0, 0.05) is 0 Å². The molecule has 0 unspecified atom stereocenters. The first-order valence-corrected chi connectivity index (χ1v) is 4.12. The van der Waals surface area contributed by atoms with Crippen molar-refractivity contribution in [3.8, 4) is 0 Å². The van der Waals surface area contributed by atoms with Crippen molar-refractivity contribution in [2.45, 2.75) is 30.5 Å². The smallest absolute Gasteiger partial charge is 0.0837 e. The first-order chi connectivity index (χ1) is 3.92. The first kappa shape index (κ1) is 9.87. The SMILES string of the molecule is CC(C)CCC(Cl)(Cl)Cl. The highest BCUT2D eigenvalue weighted by atomic mass is 35.6. The summed E-state index contributed by atoms with van der Waals surface area (Å²) < 4.78 is -1.05. The molecule has 0 aliphatic rings. The Labute approximate surface area is 71.5 Å². The standard InChI is InChI=1S/C6H11Cl3/c1-5(2)3-4-6(7,8)9/h5H,3-4H2,1-2H3. The van der Waals surface area contributed by atoms with Crippen molar-refractivity contribution >= 4 is 34.8 Å². The molecule has 0 aliphatic heterocycles. The van der Waals surface area contributed by atoms with E-state index in [4.69, 9.17) is 34.8 Å². The maximum absolute atomic E-state index is 5.51. The highest BCUT2D eigenvalue weighted by Gasteiger charge is 2.18. The van der Waals surface area contributed by atoms with E-state index in [0.29, 0.717) is 12.3 Å². The van der Waals surface area contributed by atoms with E-state index in [1.54, 1.807) is 0 Å². The summed E-state index contributed by atoms with van der Waals surface area (Å²) in [5.41, 5.74) is 0. The molecule has 9 heavy (non-hydrogen) atoms. The molecule has 0 nitrogen and oxygen atoms in total. The molecule has 0 aromatic heterocycles. The van der Waals surface area contributed by atoms with Crippen LogP contribution in [0.15, 0.2) is 0 Å². The molecule has 0 spiro atoms. The molecule has 0 saturated heterocycles. The predicted molar refractivity (Wildman–Crippen MR) is 44.4 cm³/mol. The Hall–Kier alpha value is 0.870. The van der Waals surface area contributed by atoms with Gasteiger partial charge in [-0.15, -0.1) is 0 Å². The van der Waals surface area contributed by atoms with Gasteiger partial charge in [0.15, 0.2) is 3.79 Å². The van der Waals surface area contributed by atoms with Gasteiger partial charge in [-0.3, -0.25) is 0 Å². The van der Waals surface area contributed by atoms with Crippen LogP contribution in [0.25, 0.3) is 0 Å². The highest BCUT2D eigenvalue weighted by Crippen LogP contribution is 2.32. The Morgan fingerprint density at radius 1 is 1.22 bits per heavy atom. The summed E-state index contributed by atoms with van der Waals surface area (Å²) in [6.45, 7) is 4.22. The normalized spacial score (nSPS) is 12.7. The number of hydrogen-bond acceptors (Lipinski definition) is 0. The summed E-state index contributed by atoms with van der Waals surface area (Å²) >= 11 is 16.5. The molecule has 0 bridgehead atoms. The van der Waals surface area contributed by atoms with Crippen molar-refractivity contribution < 1.29 is 0 Å². The van der Waals surface area contributed by atoms with Gasteiger partial charge >= 0.3 is 0 Å². The Bertz CT molecular complexity index is 72.9. The fraction of sp³-hybridized carbons (Fsp3) is 1.00. The van der Waals surface area contributed by atoms with Crippen LogP contribution in [0.3, 0.4) is 0 Å². The molecule has 0 heterocycles. The molecule has 0 saturated carbocycles. The molecule has 56 valence electrons. The maximum atomic E-state index is 5.51. The number of alkyl halides is 3. The van der Waals surface area contributed by atoms with Crippen LogP contribution < -0.4 is 0 Å². The molecule has 0 aliphatic carbocycles. The lowest BCUT2D eigenvalue weighted by atomic mass is 10.1. The van der Waals surface area contributed by atoms with Gasteiger partial charge in [0.25, 0.3) is 0 Å². The second-order valence-corrected chi connectivity index (χ2v) is 5.06. The topological polar surface area (TPSA) is 0 Å². The number of hydrogen-bond donors (Lipinski definition) is 0. The number of rotatable bonds is 2. The van der Waals surface area contributed by atoms with E-state index in [9.17, 15) is 0 Å². The summed E-state index contributed by atoms with van der Waals surface area (Å²) in [5, 5.41) is 0. The molecule has 0 rings (SSSR count). The third-order valence-corrected chi connectivity index (χ3v) is 1.57. The van der Waals surface area contributed by atoms with Crippen LogP contribution in [0.1, 0.15) is 26.7 Å². The van der Waals surface area contributed by atoms with Gasteiger partial charge in [0.1, 0.15) is 0 Å². The summed E-state index contributed by atoms with van der Waals surface area (Å²) in [4.78, 5) is 0. The minimum absolute atomic E-state index is 0.612. The summed E-state index contributed by atoms with van der Waals surface area (Å²) in [6, 6.07) is 0. The van der Waals surface area contributed by atoms with E-state index < -0.39 is 3.79 Å². The fourth-order valence-electron chi connectivity index (χ4n) is 0.452. The fourth-order valence-corrected chi connectivity index (χ4v) is 0.780. The van der Waals surface area contributed by atoms with Gasteiger partial charge in [-0.25, -0.2) is 0 Å². The zero-order valence-electron chi connectivity index (χ0n) is 5.63. The van der Waals surface area contributed by atoms with Crippen molar-refractivity contribution in [3.63, 3.8) is 0 Å². The Morgan fingerprint density at radius 3 is 1.78 bits per heavy atom. The van der Waals surface area contributed by atoms with Gasteiger partial charge in [-0.1, -0.05) is 48.7 Å². The van der Waals surface area contributed by atoms with Crippen LogP contribution in [0, 0.1) is 5.92 Å².